The Balaban J connectivity index is 2.93. The number of ether oxygens (including phenoxy) is 1. The molecule has 0 fully saturated rings. The first-order chi connectivity index (χ1) is 9.08. The van der Waals surface area contributed by atoms with Gasteiger partial charge in [-0.25, -0.2) is 0 Å². The Morgan fingerprint density at radius 2 is 2.05 bits per heavy atom. The third-order valence-electron chi connectivity index (χ3n) is 2.60. The summed E-state index contributed by atoms with van der Waals surface area (Å²) >= 11 is 0. The Morgan fingerprint density at radius 3 is 2.63 bits per heavy atom. The average Bonchev–Trinajstić information content (AvgIpc) is 2.36. The smallest absolute Gasteiger partial charge is 0.310 e. The Kier molecular flexibility index (Phi) is 5.55. The quantitative estimate of drug-likeness (QED) is 0.787. The van der Waals surface area contributed by atoms with E-state index in [0.717, 1.165) is 0 Å². The van der Waals surface area contributed by atoms with Crippen LogP contribution >= 0.6 is 0 Å². The maximum Gasteiger partial charge on any atom is 0.310 e. The van der Waals surface area contributed by atoms with Crippen molar-refractivity contribution in [2.24, 2.45) is 0 Å². The molecule has 0 aromatic heterocycles. The van der Waals surface area contributed by atoms with Gasteiger partial charge in [-0.05, 0) is 24.5 Å². The van der Waals surface area contributed by atoms with Crippen molar-refractivity contribution in [3.05, 3.63) is 34.9 Å². The van der Waals surface area contributed by atoms with Crippen LogP contribution in [0.5, 0.6) is 0 Å². The van der Waals surface area contributed by atoms with Gasteiger partial charge in [-0.15, -0.1) is 0 Å². The minimum atomic E-state index is -0.917. The van der Waals surface area contributed by atoms with Crippen LogP contribution in [0, 0.1) is 11.3 Å². The van der Waals surface area contributed by atoms with Crippen LogP contribution in [0.1, 0.15) is 30.0 Å². The lowest BCUT2D eigenvalue weighted by atomic mass is 9.97. The third kappa shape index (κ3) is 4.43. The van der Waals surface area contributed by atoms with Gasteiger partial charge in [0.05, 0.1) is 24.7 Å². The minimum absolute atomic E-state index is 0.0254. The number of carbonyl (C=O) groups is 2. The third-order valence-corrected chi connectivity index (χ3v) is 2.60. The van der Waals surface area contributed by atoms with Crippen LogP contribution in [0.4, 0.5) is 0 Å². The molecule has 0 aliphatic heterocycles. The van der Waals surface area contributed by atoms with Gasteiger partial charge in [-0.3, -0.25) is 9.59 Å². The summed E-state index contributed by atoms with van der Waals surface area (Å²) in [6.07, 6.45) is 0.254. The van der Waals surface area contributed by atoms with Gasteiger partial charge in [0.25, 0.3) is 0 Å². The second-order valence-corrected chi connectivity index (χ2v) is 3.94. The summed E-state index contributed by atoms with van der Waals surface area (Å²) in [5.41, 5.74) is 1.59. The lowest BCUT2D eigenvalue weighted by Crippen LogP contribution is -2.10. The Bertz CT molecular complexity index is 517. The first kappa shape index (κ1) is 14.7. The summed E-state index contributed by atoms with van der Waals surface area (Å²) in [5, 5.41) is 17.8. The molecule has 1 rings (SSSR count). The number of rotatable bonds is 6. The highest BCUT2D eigenvalue weighted by Gasteiger charge is 2.12. The van der Waals surface area contributed by atoms with E-state index in [1.165, 1.54) is 0 Å². The summed E-state index contributed by atoms with van der Waals surface area (Å²) in [6.45, 7) is 2.01. The molecule has 0 aliphatic rings. The van der Waals surface area contributed by atoms with Gasteiger partial charge in [-0.2, -0.15) is 5.26 Å². The van der Waals surface area contributed by atoms with Crippen LogP contribution in [0.2, 0.25) is 0 Å². The summed E-state index contributed by atoms with van der Waals surface area (Å²) in [5.74, 6) is -1.31. The van der Waals surface area contributed by atoms with Crippen LogP contribution in [0.3, 0.4) is 0 Å². The summed E-state index contributed by atoms with van der Waals surface area (Å²) in [4.78, 5) is 22.0. The standard InChI is InChI=1S/C14H15NO4/c1-2-19-14(18)8-11-5-3-4-10(12(11)9-15)6-7-13(16)17/h3-5H,2,6-8H2,1H3,(H,16,17). The van der Waals surface area contributed by atoms with Crippen LogP contribution in [0.15, 0.2) is 18.2 Å². The lowest BCUT2D eigenvalue weighted by molar-refractivity contribution is -0.142. The fourth-order valence-electron chi connectivity index (χ4n) is 1.76. The number of nitriles is 1. The molecule has 0 atom stereocenters. The normalized spacial score (nSPS) is 9.68. The second kappa shape index (κ2) is 7.17. The van der Waals surface area contributed by atoms with E-state index in [9.17, 15) is 9.59 Å². The zero-order valence-corrected chi connectivity index (χ0v) is 10.7. The van der Waals surface area contributed by atoms with E-state index in [0.29, 0.717) is 23.3 Å². The summed E-state index contributed by atoms with van der Waals surface area (Å²) < 4.78 is 4.84. The Morgan fingerprint density at radius 1 is 1.37 bits per heavy atom. The lowest BCUT2D eigenvalue weighted by Gasteiger charge is -2.08. The van der Waals surface area contributed by atoms with Gasteiger partial charge in [0.15, 0.2) is 0 Å². The summed E-state index contributed by atoms with van der Waals surface area (Å²) in [7, 11) is 0. The molecule has 5 nitrogen and oxygen atoms in total. The van der Waals surface area contributed by atoms with E-state index in [1.54, 1.807) is 25.1 Å². The number of hydrogen-bond acceptors (Lipinski definition) is 4. The van der Waals surface area contributed by atoms with Crippen molar-refractivity contribution in [2.45, 2.75) is 26.2 Å². The molecule has 1 aromatic rings. The van der Waals surface area contributed by atoms with Crippen LogP contribution in [-0.2, 0) is 27.2 Å². The number of nitrogens with zero attached hydrogens (tertiary/aromatic N) is 1. The number of esters is 1. The number of aryl methyl sites for hydroxylation is 1. The highest BCUT2D eigenvalue weighted by Crippen LogP contribution is 2.17. The molecule has 0 saturated carbocycles. The van der Waals surface area contributed by atoms with E-state index in [2.05, 4.69) is 0 Å². The molecule has 0 amide bonds. The molecular weight excluding hydrogens is 246 g/mol. The van der Waals surface area contributed by atoms with Crippen molar-refractivity contribution in [1.82, 2.24) is 0 Å². The number of carboxylic acid groups (broad SMARTS) is 1. The monoisotopic (exact) mass is 261 g/mol. The highest BCUT2D eigenvalue weighted by atomic mass is 16.5. The molecule has 0 heterocycles. The predicted octanol–water partition coefficient (Wildman–Crippen LogP) is 1.68. The SMILES string of the molecule is CCOC(=O)Cc1cccc(CCC(=O)O)c1C#N. The first-order valence-electron chi connectivity index (χ1n) is 5.96. The van der Waals surface area contributed by atoms with E-state index >= 15 is 0 Å². The average molecular weight is 261 g/mol. The molecule has 0 aliphatic carbocycles. The van der Waals surface area contributed by atoms with Gasteiger partial charge in [0.2, 0.25) is 0 Å². The van der Waals surface area contributed by atoms with E-state index in [1.807, 2.05) is 6.07 Å². The Hall–Kier alpha value is -2.35. The van der Waals surface area contributed by atoms with Crippen LogP contribution < -0.4 is 0 Å². The van der Waals surface area contributed by atoms with Crippen molar-refractivity contribution in [2.75, 3.05) is 6.61 Å². The maximum absolute atomic E-state index is 11.4. The van der Waals surface area contributed by atoms with Gasteiger partial charge < -0.3 is 9.84 Å². The number of carbonyl (C=O) groups excluding carboxylic acids is 1. The molecule has 1 aromatic carbocycles. The molecule has 0 radical (unpaired) electrons. The molecule has 0 spiro atoms. The molecule has 0 unspecified atom stereocenters. The van der Waals surface area contributed by atoms with E-state index < -0.39 is 11.9 Å². The largest absolute Gasteiger partial charge is 0.481 e. The maximum atomic E-state index is 11.4. The number of aliphatic carboxylic acids is 1. The first-order valence-corrected chi connectivity index (χ1v) is 5.96. The molecule has 19 heavy (non-hydrogen) atoms. The van der Waals surface area contributed by atoms with E-state index in [-0.39, 0.29) is 19.3 Å². The van der Waals surface area contributed by atoms with Gasteiger partial charge in [-0.1, -0.05) is 18.2 Å². The predicted molar refractivity (Wildman–Crippen MR) is 67.5 cm³/mol. The fourth-order valence-corrected chi connectivity index (χ4v) is 1.76. The van der Waals surface area contributed by atoms with Crippen molar-refractivity contribution >= 4 is 11.9 Å². The zero-order valence-electron chi connectivity index (χ0n) is 10.7. The second-order valence-electron chi connectivity index (χ2n) is 3.94. The zero-order chi connectivity index (χ0) is 14.3. The number of benzene rings is 1. The highest BCUT2D eigenvalue weighted by molar-refractivity contribution is 5.74. The van der Waals surface area contributed by atoms with Crippen molar-refractivity contribution in [1.29, 1.82) is 5.26 Å². The van der Waals surface area contributed by atoms with Crippen LogP contribution in [0.25, 0.3) is 0 Å². The van der Waals surface area contributed by atoms with E-state index in [4.69, 9.17) is 15.1 Å². The fraction of sp³-hybridized carbons (Fsp3) is 0.357. The topological polar surface area (TPSA) is 87.4 Å². The van der Waals surface area contributed by atoms with Crippen molar-refractivity contribution < 1.29 is 19.4 Å². The van der Waals surface area contributed by atoms with Gasteiger partial charge >= 0.3 is 11.9 Å². The van der Waals surface area contributed by atoms with Crippen molar-refractivity contribution in [3.8, 4) is 6.07 Å². The summed E-state index contributed by atoms with van der Waals surface area (Å²) in [6, 6.07) is 7.13. The van der Waals surface area contributed by atoms with Gasteiger partial charge in [0, 0.05) is 6.42 Å². The number of carboxylic acids is 1. The molecule has 0 bridgehead atoms. The van der Waals surface area contributed by atoms with Gasteiger partial charge in [0.1, 0.15) is 0 Å². The molecule has 5 heteroatoms. The molecule has 0 saturated heterocycles. The van der Waals surface area contributed by atoms with Crippen LogP contribution in [-0.4, -0.2) is 23.7 Å². The van der Waals surface area contributed by atoms with Crippen molar-refractivity contribution in [3.63, 3.8) is 0 Å². The number of hydrogen-bond donors (Lipinski definition) is 1. The molecular formula is C14H15NO4. The minimum Gasteiger partial charge on any atom is -0.481 e. The Labute approximate surface area is 111 Å². The molecule has 1 N–H and O–H groups in total. The molecule has 100 valence electrons.